The fourth-order valence-electron chi connectivity index (χ4n) is 2.38. The topological polar surface area (TPSA) is 79.2 Å². The molecule has 2 aromatic rings. The minimum absolute atomic E-state index is 0.0507. The SMILES string of the molecule is C/C(=N\NC(=O)C1CC1)c1c(C)[nH]n(-c2ccc(F)cc2)c1=O. The Morgan fingerprint density at radius 3 is 2.61 bits per heavy atom. The van der Waals surface area contributed by atoms with Crippen LogP contribution in [0.3, 0.4) is 0 Å². The van der Waals surface area contributed by atoms with Gasteiger partial charge in [-0.25, -0.2) is 14.5 Å². The van der Waals surface area contributed by atoms with E-state index in [9.17, 15) is 14.0 Å². The largest absolute Gasteiger partial charge is 0.295 e. The predicted octanol–water partition coefficient (Wildman–Crippen LogP) is 1.86. The Morgan fingerprint density at radius 2 is 2.00 bits per heavy atom. The van der Waals surface area contributed by atoms with Gasteiger partial charge in [-0.05, 0) is 51.0 Å². The van der Waals surface area contributed by atoms with Gasteiger partial charge in [0, 0.05) is 11.6 Å². The highest BCUT2D eigenvalue weighted by molar-refractivity contribution is 6.00. The van der Waals surface area contributed by atoms with Crippen molar-refractivity contribution in [3.05, 3.63) is 51.7 Å². The average molecular weight is 316 g/mol. The molecule has 0 saturated heterocycles. The van der Waals surface area contributed by atoms with Gasteiger partial charge < -0.3 is 0 Å². The Labute approximate surface area is 132 Å². The normalized spacial score (nSPS) is 14.8. The van der Waals surface area contributed by atoms with Crippen LogP contribution in [-0.2, 0) is 4.79 Å². The van der Waals surface area contributed by atoms with E-state index in [1.54, 1.807) is 13.8 Å². The van der Waals surface area contributed by atoms with E-state index in [1.165, 1.54) is 28.9 Å². The van der Waals surface area contributed by atoms with Crippen LogP contribution in [0.1, 0.15) is 31.0 Å². The number of halogens is 1. The van der Waals surface area contributed by atoms with Gasteiger partial charge in [0.05, 0.1) is 17.0 Å². The number of hydrazone groups is 1. The predicted molar refractivity (Wildman–Crippen MR) is 84.2 cm³/mol. The molecule has 1 aromatic carbocycles. The quantitative estimate of drug-likeness (QED) is 0.667. The molecule has 1 aliphatic rings. The van der Waals surface area contributed by atoms with Gasteiger partial charge in [-0.3, -0.25) is 14.7 Å². The summed E-state index contributed by atoms with van der Waals surface area (Å²) in [4.78, 5) is 24.2. The van der Waals surface area contributed by atoms with Crippen LogP contribution in [0, 0.1) is 18.7 Å². The van der Waals surface area contributed by atoms with Gasteiger partial charge in [-0.2, -0.15) is 5.10 Å². The second-order valence-corrected chi connectivity index (χ2v) is 5.68. The Bertz CT molecular complexity index is 829. The van der Waals surface area contributed by atoms with Gasteiger partial charge in [0.2, 0.25) is 5.91 Å². The first-order valence-electron chi connectivity index (χ1n) is 7.39. The maximum absolute atomic E-state index is 13.0. The van der Waals surface area contributed by atoms with E-state index >= 15 is 0 Å². The molecule has 6 nitrogen and oxygen atoms in total. The van der Waals surface area contributed by atoms with Crippen molar-refractivity contribution in [1.29, 1.82) is 0 Å². The summed E-state index contributed by atoms with van der Waals surface area (Å²) in [6.07, 6.45) is 1.78. The van der Waals surface area contributed by atoms with Gasteiger partial charge >= 0.3 is 0 Å². The fraction of sp³-hybridized carbons (Fsp3) is 0.312. The third kappa shape index (κ3) is 3.08. The van der Waals surface area contributed by atoms with Gasteiger partial charge in [0.1, 0.15) is 5.82 Å². The molecule has 23 heavy (non-hydrogen) atoms. The lowest BCUT2D eigenvalue weighted by Gasteiger charge is -2.01. The van der Waals surface area contributed by atoms with Crippen LogP contribution >= 0.6 is 0 Å². The standard InChI is InChI=1S/C16H17FN4O2/c1-9(18-19-15(22)11-3-4-11)14-10(2)20-21(16(14)23)13-7-5-12(17)6-8-13/h5-8,11,20H,3-4H2,1-2H3,(H,19,22)/b18-9+. The minimum atomic E-state index is -0.370. The number of rotatable bonds is 4. The zero-order valence-corrected chi connectivity index (χ0v) is 12.9. The van der Waals surface area contributed by atoms with Crippen LogP contribution in [0.25, 0.3) is 5.69 Å². The number of benzene rings is 1. The number of aromatic nitrogens is 2. The molecular weight excluding hydrogens is 299 g/mol. The number of aryl methyl sites for hydroxylation is 1. The maximum Gasteiger partial charge on any atom is 0.280 e. The second-order valence-electron chi connectivity index (χ2n) is 5.68. The van der Waals surface area contributed by atoms with Crippen molar-refractivity contribution in [2.75, 3.05) is 0 Å². The van der Waals surface area contributed by atoms with Gasteiger partial charge in [-0.15, -0.1) is 0 Å². The number of hydrogen-bond donors (Lipinski definition) is 2. The lowest BCUT2D eigenvalue weighted by molar-refractivity contribution is -0.122. The molecule has 120 valence electrons. The maximum atomic E-state index is 13.0. The monoisotopic (exact) mass is 316 g/mol. The number of nitrogens with one attached hydrogen (secondary N) is 2. The average Bonchev–Trinajstić information content (AvgIpc) is 3.32. The Balaban J connectivity index is 1.90. The lowest BCUT2D eigenvalue weighted by Crippen LogP contribution is -2.24. The van der Waals surface area contributed by atoms with Crippen LogP contribution in [0.4, 0.5) is 4.39 Å². The van der Waals surface area contributed by atoms with Crippen LogP contribution in [0.15, 0.2) is 34.2 Å². The van der Waals surface area contributed by atoms with Gasteiger partial charge in [0.25, 0.3) is 5.56 Å². The number of aromatic amines is 1. The molecule has 0 atom stereocenters. The molecule has 1 heterocycles. The third-order valence-corrected chi connectivity index (χ3v) is 3.80. The summed E-state index contributed by atoms with van der Waals surface area (Å²) in [6, 6.07) is 5.60. The highest BCUT2D eigenvalue weighted by atomic mass is 19.1. The molecule has 3 rings (SSSR count). The summed E-state index contributed by atoms with van der Waals surface area (Å²) >= 11 is 0. The van der Waals surface area contributed by atoms with Crippen molar-refractivity contribution < 1.29 is 9.18 Å². The summed E-state index contributed by atoms with van der Waals surface area (Å²) in [6.45, 7) is 3.41. The Kier molecular flexibility index (Phi) is 3.85. The highest BCUT2D eigenvalue weighted by Crippen LogP contribution is 2.28. The van der Waals surface area contributed by atoms with Crippen molar-refractivity contribution in [3.63, 3.8) is 0 Å². The summed E-state index contributed by atoms with van der Waals surface area (Å²) in [5.74, 6) is -0.433. The molecule has 0 radical (unpaired) electrons. The number of H-pyrrole nitrogens is 1. The number of nitrogens with zero attached hydrogens (tertiary/aromatic N) is 2. The molecule has 1 amide bonds. The third-order valence-electron chi connectivity index (χ3n) is 3.80. The van der Waals surface area contributed by atoms with Crippen molar-refractivity contribution in [1.82, 2.24) is 15.2 Å². The first-order valence-corrected chi connectivity index (χ1v) is 7.39. The molecule has 0 unspecified atom stereocenters. The molecule has 2 N–H and O–H groups in total. The number of carbonyl (C=O) groups excluding carboxylic acids is 1. The van der Waals surface area contributed by atoms with E-state index in [0.29, 0.717) is 22.7 Å². The van der Waals surface area contributed by atoms with Gasteiger partial charge in [0.15, 0.2) is 0 Å². The number of amides is 1. The number of hydrogen-bond acceptors (Lipinski definition) is 3. The van der Waals surface area contributed by atoms with Gasteiger partial charge in [-0.1, -0.05) is 0 Å². The minimum Gasteiger partial charge on any atom is -0.295 e. The molecule has 1 saturated carbocycles. The first-order chi connectivity index (χ1) is 11.0. The van der Waals surface area contributed by atoms with Crippen molar-refractivity contribution >= 4 is 11.6 Å². The van der Waals surface area contributed by atoms with E-state index in [4.69, 9.17) is 0 Å². The van der Waals surface area contributed by atoms with E-state index in [-0.39, 0.29) is 23.2 Å². The molecule has 0 bridgehead atoms. The van der Waals surface area contributed by atoms with Crippen molar-refractivity contribution in [2.45, 2.75) is 26.7 Å². The van der Waals surface area contributed by atoms with E-state index in [2.05, 4.69) is 15.6 Å². The fourth-order valence-corrected chi connectivity index (χ4v) is 2.38. The summed E-state index contributed by atoms with van der Waals surface area (Å²) in [5, 5.41) is 6.96. The Morgan fingerprint density at radius 1 is 1.35 bits per heavy atom. The molecule has 0 aliphatic heterocycles. The molecule has 1 aromatic heterocycles. The zero-order valence-electron chi connectivity index (χ0n) is 12.9. The van der Waals surface area contributed by atoms with Crippen molar-refractivity contribution in [2.24, 2.45) is 11.0 Å². The zero-order chi connectivity index (χ0) is 16.6. The first kappa shape index (κ1) is 15.2. The van der Waals surface area contributed by atoms with E-state index in [0.717, 1.165) is 12.8 Å². The van der Waals surface area contributed by atoms with E-state index < -0.39 is 0 Å². The Hall–Kier alpha value is -2.70. The smallest absolute Gasteiger partial charge is 0.280 e. The van der Waals surface area contributed by atoms with E-state index in [1.807, 2.05) is 0 Å². The summed E-state index contributed by atoms with van der Waals surface area (Å²) < 4.78 is 14.3. The summed E-state index contributed by atoms with van der Waals surface area (Å²) in [5.41, 5.74) is 4.17. The number of carbonyl (C=O) groups is 1. The van der Waals surface area contributed by atoms with Crippen LogP contribution in [0.5, 0.6) is 0 Å². The molecule has 0 spiro atoms. The molecular formula is C16H17FN4O2. The second kappa shape index (κ2) is 5.83. The molecule has 7 heteroatoms. The molecule has 1 fully saturated rings. The lowest BCUT2D eigenvalue weighted by atomic mass is 10.2. The summed E-state index contributed by atoms with van der Waals surface area (Å²) in [7, 11) is 0. The van der Waals surface area contributed by atoms with Crippen molar-refractivity contribution in [3.8, 4) is 5.69 Å². The van der Waals surface area contributed by atoms with Crippen LogP contribution < -0.4 is 11.0 Å². The molecule has 1 aliphatic carbocycles. The van der Waals surface area contributed by atoms with Crippen LogP contribution in [-0.4, -0.2) is 21.4 Å². The van der Waals surface area contributed by atoms with Crippen LogP contribution in [0.2, 0.25) is 0 Å². The highest BCUT2D eigenvalue weighted by Gasteiger charge is 2.29.